The third-order valence-electron chi connectivity index (χ3n) is 5.10. The van der Waals surface area contributed by atoms with Gasteiger partial charge in [-0.1, -0.05) is 121 Å². The molecule has 0 saturated carbocycles. The molecule has 1 nitrogen and oxygen atoms in total. The van der Waals surface area contributed by atoms with Crippen molar-refractivity contribution in [3.63, 3.8) is 0 Å². The lowest BCUT2D eigenvalue weighted by atomic mass is 9.84. The number of hydrogen-bond donors (Lipinski definition) is 0. The van der Waals surface area contributed by atoms with E-state index in [2.05, 4.69) is 72.8 Å². The van der Waals surface area contributed by atoms with Gasteiger partial charge >= 0.3 is 0 Å². The summed E-state index contributed by atoms with van der Waals surface area (Å²) in [6.45, 7) is 0. The highest BCUT2D eigenvalue weighted by atomic mass is 32.2. The highest BCUT2D eigenvalue weighted by Gasteiger charge is 2.39. The van der Waals surface area contributed by atoms with Crippen LogP contribution < -0.4 is 0 Å². The SMILES string of the molecule is O=CC(SC(c1ccccc1)(c1ccccc1)c1ccccc1)c1ccccc1. The van der Waals surface area contributed by atoms with Crippen molar-refractivity contribution in [2.45, 2.75) is 10.00 Å². The molecule has 0 aliphatic heterocycles. The van der Waals surface area contributed by atoms with Gasteiger partial charge in [0.25, 0.3) is 0 Å². The quantitative estimate of drug-likeness (QED) is 0.258. The Morgan fingerprint density at radius 1 is 0.552 bits per heavy atom. The molecule has 0 aromatic heterocycles. The van der Waals surface area contributed by atoms with Gasteiger partial charge < -0.3 is 4.79 Å². The van der Waals surface area contributed by atoms with Crippen LogP contribution in [0.15, 0.2) is 121 Å². The zero-order chi connectivity index (χ0) is 19.9. The van der Waals surface area contributed by atoms with E-state index in [9.17, 15) is 4.79 Å². The van der Waals surface area contributed by atoms with Gasteiger partial charge in [-0.05, 0) is 22.3 Å². The highest BCUT2D eigenvalue weighted by Crippen LogP contribution is 2.53. The molecule has 0 aliphatic carbocycles. The second-order valence-corrected chi connectivity index (χ2v) is 8.22. The summed E-state index contributed by atoms with van der Waals surface area (Å²) in [5.74, 6) is 0. The molecule has 0 bridgehead atoms. The molecule has 0 amide bonds. The fourth-order valence-corrected chi connectivity index (χ4v) is 5.28. The largest absolute Gasteiger partial charge is 0.302 e. The monoisotopic (exact) mass is 394 g/mol. The minimum absolute atomic E-state index is 0.295. The van der Waals surface area contributed by atoms with Crippen molar-refractivity contribution in [1.29, 1.82) is 0 Å². The summed E-state index contributed by atoms with van der Waals surface area (Å²) in [6.07, 6.45) is 1.06. The summed E-state index contributed by atoms with van der Waals surface area (Å²) < 4.78 is -0.509. The van der Waals surface area contributed by atoms with Gasteiger partial charge in [-0.2, -0.15) is 0 Å². The van der Waals surface area contributed by atoms with E-state index < -0.39 is 4.75 Å². The molecule has 0 aliphatic rings. The first-order valence-electron chi connectivity index (χ1n) is 9.69. The average Bonchev–Trinajstić information content (AvgIpc) is 2.82. The van der Waals surface area contributed by atoms with Crippen LogP contribution in [0, 0.1) is 0 Å². The molecule has 0 heterocycles. The van der Waals surface area contributed by atoms with Crippen LogP contribution in [0.3, 0.4) is 0 Å². The fourth-order valence-electron chi connectivity index (χ4n) is 3.73. The van der Waals surface area contributed by atoms with E-state index >= 15 is 0 Å². The van der Waals surface area contributed by atoms with Crippen molar-refractivity contribution >= 4 is 18.0 Å². The molecule has 4 rings (SSSR count). The van der Waals surface area contributed by atoms with Gasteiger partial charge in [0.2, 0.25) is 0 Å². The van der Waals surface area contributed by atoms with E-state index in [-0.39, 0.29) is 5.25 Å². The Morgan fingerprint density at radius 2 is 0.897 bits per heavy atom. The zero-order valence-corrected chi connectivity index (χ0v) is 16.8. The minimum Gasteiger partial charge on any atom is -0.302 e. The number of hydrogen-bond acceptors (Lipinski definition) is 2. The van der Waals surface area contributed by atoms with Crippen molar-refractivity contribution < 1.29 is 4.79 Å². The Kier molecular flexibility index (Phi) is 5.92. The van der Waals surface area contributed by atoms with Crippen molar-refractivity contribution in [2.75, 3.05) is 0 Å². The maximum absolute atomic E-state index is 12.3. The van der Waals surface area contributed by atoms with Crippen LogP contribution in [-0.4, -0.2) is 6.29 Å². The highest BCUT2D eigenvalue weighted by molar-refractivity contribution is 8.01. The Balaban J connectivity index is 1.96. The van der Waals surface area contributed by atoms with Crippen molar-refractivity contribution in [1.82, 2.24) is 0 Å². The first-order chi connectivity index (χ1) is 14.3. The maximum atomic E-state index is 12.3. The molecule has 0 spiro atoms. The Bertz CT molecular complexity index is 934. The number of rotatable bonds is 7. The van der Waals surface area contributed by atoms with Crippen molar-refractivity contribution in [3.8, 4) is 0 Å². The number of carbonyl (C=O) groups is 1. The molecule has 0 N–H and O–H groups in total. The predicted molar refractivity (Wildman–Crippen MR) is 122 cm³/mol. The molecular weight excluding hydrogens is 372 g/mol. The minimum atomic E-state index is -0.509. The van der Waals surface area contributed by atoms with Crippen molar-refractivity contribution in [2.24, 2.45) is 0 Å². The van der Waals surface area contributed by atoms with E-state index in [1.165, 1.54) is 0 Å². The molecule has 0 fully saturated rings. The van der Waals surface area contributed by atoms with E-state index in [0.717, 1.165) is 28.5 Å². The number of benzene rings is 4. The maximum Gasteiger partial charge on any atom is 0.137 e. The summed E-state index contributed by atoms with van der Waals surface area (Å²) in [4.78, 5) is 12.3. The molecule has 1 unspecified atom stereocenters. The second-order valence-electron chi connectivity index (χ2n) is 6.86. The Hall–Kier alpha value is -3.10. The topological polar surface area (TPSA) is 17.1 Å². The van der Waals surface area contributed by atoms with E-state index in [0.29, 0.717) is 0 Å². The van der Waals surface area contributed by atoms with Crippen LogP contribution in [-0.2, 0) is 9.54 Å². The Labute approximate surface area is 176 Å². The van der Waals surface area contributed by atoms with Crippen LogP contribution in [0.1, 0.15) is 27.5 Å². The van der Waals surface area contributed by atoms with Gasteiger partial charge in [-0.15, -0.1) is 11.8 Å². The van der Waals surface area contributed by atoms with Gasteiger partial charge in [0.05, 0.1) is 10.00 Å². The summed E-state index contributed by atoms with van der Waals surface area (Å²) in [5.41, 5.74) is 4.49. The fraction of sp³-hybridized carbons (Fsp3) is 0.0741. The summed E-state index contributed by atoms with van der Waals surface area (Å²) in [5, 5.41) is -0.295. The van der Waals surface area contributed by atoms with E-state index in [1.807, 2.05) is 48.5 Å². The van der Waals surface area contributed by atoms with E-state index in [1.54, 1.807) is 11.8 Å². The average molecular weight is 395 g/mol. The molecule has 4 aromatic rings. The Morgan fingerprint density at radius 3 is 1.24 bits per heavy atom. The molecule has 29 heavy (non-hydrogen) atoms. The normalized spacial score (nSPS) is 12.3. The molecule has 1 atom stereocenters. The third kappa shape index (κ3) is 3.90. The van der Waals surface area contributed by atoms with Crippen LogP contribution in [0.2, 0.25) is 0 Å². The third-order valence-corrected chi connectivity index (χ3v) is 6.79. The summed E-state index contributed by atoms with van der Waals surface area (Å²) in [7, 11) is 0. The van der Waals surface area contributed by atoms with Crippen LogP contribution in [0.25, 0.3) is 0 Å². The van der Waals surface area contributed by atoms with Gasteiger partial charge in [-0.3, -0.25) is 0 Å². The second kappa shape index (κ2) is 8.93. The molecule has 2 heteroatoms. The number of carbonyl (C=O) groups excluding carboxylic acids is 1. The van der Waals surface area contributed by atoms with Crippen LogP contribution in [0.4, 0.5) is 0 Å². The van der Waals surface area contributed by atoms with Crippen LogP contribution >= 0.6 is 11.8 Å². The first-order valence-corrected chi connectivity index (χ1v) is 10.6. The molecule has 142 valence electrons. The smallest absolute Gasteiger partial charge is 0.137 e. The molecule has 4 aromatic carbocycles. The standard InChI is InChI=1S/C27H22OS/c28-21-26(22-13-5-1-6-14-22)29-27(23-15-7-2-8-16-23,24-17-9-3-10-18-24)25-19-11-4-12-20-25/h1-21,26H. The molecule has 0 saturated heterocycles. The van der Waals surface area contributed by atoms with Gasteiger partial charge in [-0.25, -0.2) is 0 Å². The number of aldehydes is 1. The lowest BCUT2D eigenvalue weighted by molar-refractivity contribution is -0.107. The molecular formula is C27H22OS. The van der Waals surface area contributed by atoms with Crippen LogP contribution in [0.5, 0.6) is 0 Å². The van der Waals surface area contributed by atoms with E-state index in [4.69, 9.17) is 0 Å². The zero-order valence-electron chi connectivity index (χ0n) is 16.0. The molecule has 0 radical (unpaired) electrons. The lowest BCUT2D eigenvalue weighted by Crippen LogP contribution is -2.27. The number of thioether (sulfide) groups is 1. The summed E-state index contributed by atoms with van der Waals surface area (Å²) >= 11 is 1.68. The van der Waals surface area contributed by atoms with Gasteiger partial charge in [0.1, 0.15) is 6.29 Å². The van der Waals surface area contributed by atoms with Crippen molar-refractivity contribution in [3.05, 3.63) is 144 Å². The van der Waals surface area contributed by atoms with Gasteiger partial charge in [0, 0.05) is 0 Å². The summed E-state index contributed by atoms with van der Waals surface area (Å²) in [6, 6.07) is 41.4. The predicted octanol–water partition coefficient (Wildman–Crippen LogP) is 6.65. The van der Waals surface area contributed by atoms with Gasteiger partial charge in [0.15, 0.2) is 0 Å². The lowest BCUT2D eigenvalue weighted by Gasteiger charge is -2.37. The first kappa shape index (κ1) is 19.2.